The summed E-state index contributed by atoms with van der Waals surface area (Å²) in [6.07, 6.45) is -5.44. The van der Waals surface area contributed by atoms with Crippen molar-refractivity contribution in [2.45, 2.75) is 12.5 Å². The van der Waals surface area contributed by atoms with Crippen molar-refractivity contribution in [1.82, 2.24) is 20.2 Å². The van der Waals surface area contributed by atoms with E-state index in [9.17, 15) is 31.1 Å². The van der Waals surface area contributed by atoms with Crippen LogP contribution in [0.4, 0.5) is 32.0 Å². The number of para-hydroxylation sites is 1. The van der Waals surface area contributed by atoms with E-state index in [2.05, 4.69) is 30.3 Å². The van der Waals surface area contributed by atoms with E-state index < -0.39 is 12.5 Å². The van der Waals surface area contributed by atoms with Gasteiger partial charge in [-0.05, 0) is 59.8 Å². The van der Waals surface area contributed by atoms with Gasteiger partial charge in [0.25, 0.3) is 0 Å². The summed E-state index contributed by atoms with van der Waals surface area (Å²) in [7, 11) is 0. The number of ether oxygens (including phenoxy) is 1. The molecule has 1 aliphatic rings. The van der Waals surface area contributed by atoms with Gasteiger partial charge in [0.2, 0.25) is 11.0 Å². The maximum Gasteiger partial charge on any atom is 0.573 e. The summed E-state index contributed by atoms with van der Waals surface area (Å²) >= 11 is 6.32. The lowest BCUT2D eigenvalue weighted by Gasteiger charge is -2.18. The second kappa shape index (κ2) is 13.5. The zero-order valence-electron chi connectivity index (χ0n) is 23.0. The molecule has 5 rings (SSSR count). The number of anilines is 1. The number of aromatic nitrogens is 3. The van der Waals surface area contributed by atoms with Crippen molar-refractivity contribution in [3.05, 3.63) is 96.3 Å². The van der Waals surface area contributed by atoms with Crippen LogP contribution in [0.1, 0.15) is 11.1 Å². The number of hydrogen-bond donors (Lipinski definition) is 1. The van der Waals surface area contributed by atoms with E-state index in [1.165, 1.54) is 58.5 Å². The van der Waals surface area contributed by atoms with Gasteiger partial charge in [0, 0.05) is 11.6 Å². The number of amidine groups is 1. The number of aliphatic imine (C=N–C) groups is 1. The number of nitrogens with zero attached hydrogens (tertiary/aromatic N) is 6. The van der Waals surface area contributed by atoms with Crippen molar-refractivity contribution >= 4 is 58.1 Å². The smallest absolute Gasteiger partial charge is 0.406 e. The van der Waals surface area contributed by atoms with Gasteiger partial charge in [-0.1, -0.05) is 54.2 Å². The molecule has 4 aromatic rings. The van der Waals surface area contributed by atoms with Crippen molar-refractivity contribution in [1.29, 1.82) is 0 Å². The standard InChI is InChI=1S/C29H19F6N7O2S2/c30-28(31,32)14-13-19-3-1-2-4-23(19)42-24(43)16-46-27(42)38-26(45)39-37-15-18-5-7-20(8-6-18)25-36-17-41(40-25)21-9-11-22(12-10-21)44-29(33,34)35/h1-15,17H,16H2,(H,39,45)/b14-13+,37-15+,38-27?. The van der Waals surface area contributed by atoms with Gasteiger partial charge in [-0.2, -0.15) is 23.3 Å². The van der Waals surface area contributed by atoms with Gasteiger partial charge in [0.05, 0.1) is 23.3 Å². The van der Waals surface area contributed by atoms with Crippen molar-refractivity contribution < 1.29 is 35.9 Å². The number of halogens is 6. The highest BCUT2D eigenvalue weighted by molar-refractivity contribution is 8.15. The second-order valence-corrected chi connectivity index (χ2v) is 10.5. The second-order valence-electron chi connectivity index (χ2n) is 9.20. The molecule has 0 unspecified atom stereocenters. The minimum atomic E-state index is -4.79. The lowest BCUT2D eigenvalue weighted by molar-refractivity contribution is -0.274. The third-order valence-corrected chi connectivity index (χ3v) is 7.07. The fourth-order valence-electron chi connectivity index (χ4n) is 4.01. The number of nitrogens with one attached hydrogen (secondary N) is 1. The predicted molar refractivity (Wildman–Crippen MR) is 166 cm³/mol. The van der Waals surface area contributed by atoms with Crippen LogP contribution in [-0.4, -0.2) is 55.5 Å². The average Bonchev–Trinajstić information content (AvgIpc) is 3.63. The molecular weight excluding hydrogens is 656 g/mol. The van der Waals surface area contributed by atoms with E-state index in [1.807, 2.05) is 0 Å². The van der Waals surface area contributed by atoms with Gasteiger partial charge in [0.15, 0.2) is 11.0 Å². The van der Waals surface area contributed by atoms with Gasteiger partial charge in [-0.15, -0.1) is 18.3 Å². The zero-order valence-corrected chi connectivity index (χ0v) is 24.7. The highest BCUT2D eigenvalue weighted by Crippen LogP contribution is 2.31. The number of thiocarbonyl (C=S) groups is 1. The van der Waals surface area contributed by atoms with Gasteiger partial charge >= 0.3 is 12.5 Å². The molecule has 1 fully saturated rings. The maximum atomic E-state index is 12.8. The molecule has 0 atom stereocenters. The molecule has 0 bridgehead atoms. The van der Waals surface area contributed by atoms with Crippen LogP contribution in [0.5, 0.6) is 5.75 Å². The monoisotopic (exact) mass is 675 g/mol. The third-order valence-electron chi connectivity index (χ3n) is 5.96. The number of carbonyl (C=O) groups is 1. The predicted octanol–water partition coefficient (Wildman–Crippen LogP) is 6.75. The highest BCUT2D eigenvalue weighted by Gasteiger charge is 2.32. The molecule has 1 aromatic heterocycles. The Labute approximate surface area is 266 Å². The van der Waals surface area contributed by atoms with Crippen LogP contribution in [0.15, 0.2) is 95.3 Å². The highest BCUT2D eigenvalue weighted by atomic mass is 32.2. The van der Waals surface area contributed by atoms with E-state index in [1.54, 1.807) is 36.4 Å². The Kier molecular flexibility index (Phi) is 9.52. The zero-order chi connectivity index (χ0) is 32.9. The number of amides is 1. The average molecular weight is 676 g/mol. The largest absolute Gasteiger partial charge is 0.573 e. The first-order chi connectivity index (χ1) is 21.8. The van der Waals surface area contributed by atoms with E-state index in [0.29, 0.717) is 22.6 Å². The first kappa shape index (κ1) is 32.4. The summed E-state index contributed by atoms with van der Waals surface area (Å²) in [5.41, 5.74) is 4.81. The Morgan fingerprint density at radius 2 is 1.72 bits per heavy atom. The van der Waals surface area contributed by atoms with Crippen LogP contribution in [-0.2, 0) is 4.79 Å². The molecule has 3 aromatic carbocycles. The molecular formula is C29H19F6N7O2S2. The fraction of sp³-hybridized carbons (Fsp3) is 0.103. The lowest BCUT2D eigenvalue weighted by atomic mass is 10.1. The first-order valence-corrected chi connectivity index (χ1v) is 14.3. The lowest BCUT2D eigenvalue weighted by Crippen LogP contribution is -2.31. The molecule has 46 heavy (non-hydrogen) atoms. The van der Waals surface area contributed by atoms with E-state index in [0.717, 1.165) is 17.8 Å². The molecule has 1 N–H and O–H groups in total. The molecule has 1 aliphatic heterocycles. The molecule has 0 spiro atoms. The number of rotatable bonds is 7. The van der Waals surface area contributed by atoms with Crippen LogP contribution >= 0.6 is 24.0 Å². The van der Waals surface area contributed by atoms with Gasteiger partial charge in [0.1, 0.15) is 12.1 Å². The van der Waals surface area contributed by atoms with Crippen LogP contribution in [0, 0.1) is 0 Å². The number of benzene rings is 3. The number of allylic oxidation sites excluding steroid dienone is 1. The normalized spacial score (nSPS) is 15.0. The minimum absolute atomic E-state index is 0.0324. The Balaban J connectivity index is 1.21. The summed E-state index contributed by atoms with van der Waals surface area (Å²) < 4.78 is 80.7. The van der Waals surface area contributed by atoms with Gasteiger partial charge < -0.3 is 4.74 Å². The summed E-state index contributed by atoms with van der Waals surface area (Å²) in [6, 6.07) is 18.2. The summed E-state index contributed by atoms with van der Waals surface area (Å²) in [6.45, 7) is 0. The third kappa shape index (κ3) is 8.57. The molecule has 9 nitrogen and oxygen atoms in total. The molecule has 1 saturated heterocycles. The molecule has 0 radical (unpaired) electrons. The van der Waals surface area contributed by atoms with E-state index in [-0.39, 0.29) is 45.0 Å². The van der Waals surface area contributed by atoms with Gasteiger partial charge in [-0.25, -0.2) is 9.67 Å². The first-order valence-electron chi connectivity index (χ1n) is 13.0. The van der Waals surface area contributed by atoms with Gasteiger partial charge in [-0.3, -0.25) is 15.1 Å². The molecule has 236 valence electrons. The molecule has 1 amide bonds. The van der Waals surface area contributed by atoms with Crippen molar-refractivity contribution in [3.8, 4) is 22.8 Å². The van der Waals surface area contributed by atoms with Crippen LogP contribution in [0.2, 0.25) is 0 Å². The van der Waals surface area contributed by atoms with Crippen LogP contribution < -0.4 is 15.1 Å². The Hall–Kier alpha value is -5.03. The van der Waals surface area contributed by atoms with E-state index >= 15 is 0 Å². The van der Waals surface area contributed by atoms with E-state index in [4.69, 9.17) is 12.2 Å². The van der Waals surface area contributed by atoms with Crippen LogP contribution in [0.3, 0.4) is 0 Å². The Morgan fingerprint density at radius 1 is 1.00 bits per heavy atom. The molecule has 17 heteroatoms. The topological polar surface area (TPSA) is 97.0 Å². The van der Waals surface area contributed by atoms with Crippen molar-refractivity contribution in [3.63, 3.8) is 0 Å². The SMILES string of the molecule is O=C1CSC(=NC(=S)N/N=C/c2ccc(-c3ncn(-c4ccc(OC(F)(F)F)cc4)n3)cc2)N1c1ccccc1/C=C/C(F)(F)F. The van der Waals surface area contributed by atoms with Crippen molar-refractivity contribution in [2.24, 2.45) is 10.1 Å². The number of hydrazone groups is 1. The molecule has 0 aliphatic carbocycles. The quantitative estimate of drug-likeness (QED) is 0.100. The fourth-order valence-corrected chi connectivity index (χ4v) is 5.07. The Bertz CT molecular complexity index is 1820. The maximum absolute atomic E-state index is 12.8. The number of hydrogen-bond acceptors (Lipinski definition) is 7. The number of alkyl halides is 6. The summed E-state index contributed by atoms with van der Waals surface area (Å²) in [4.78, 5) is 22.3. The Morgan fingerprint density at radius 3 is 2.41 bits per heavy atom. The van der Waals surface area contributed by atoms with Crippen molar-refractivity contribution in [2.75, 3.05) is 10.7 Å². The minimum Gasteiger partial charge on any atom is -0.406 e. The molecule has 2 heterocycles. The number of carbonyl (C=O) groups excluding carboxylic acids is 1. The number of thioether (sulfide) groups is 1. The molecule has 0 saturated carbocycles. The van der Waals surface area contributed by atoms with Crippen LogP contribution in [0.25, 0.3) is 23.2 Å². The summed E-state index contributed by atoms with van der Waals surface area (Å²) in [5, 5.41) is 8.53. The summed E-state index contributed by atoms with van der Waals surface area (Å²) in [5.74, 6) is -0.314.